The van der Waals surface area contributed by atoms with Crippen LogP contribution in [-0.2, 0) is 16.4 Å². The van der Waals surface area contributed by atoms with Crippen LogP contribution in [0.25, 0.3) is 0 Å². The molecule has 0 atom stereocenters. The molecule has 0 aromatic heterocycles. The van der Waals surface area contributed by atoms with Gasteiger partial charge < -0.3 is 5.73 Å². The summed E-state index contributed by atoms with van der Waals surface area (Å²) in [6.07, 6.45) is 0.528. The Balaban J connectivity index is 2.80. The summed E-state index contributed by atoms with van der Waals surface area (Å²) in [5.74, 6) is 0.119. The van der Waals surface area contributed by atoms with Crippen molar-refractivity contribution in [3.8, 4) is 0 Å². The number of nitrogens with zero attached hydrogens (tertiary/aromatic N) is 1. The van der Waals surface area contributed by atoms with Gasteiger partial charge in [-0.3, -0.25) is 0 Å². The van der Waals surface area contributed by atoms with E-state index in [1.54, 1.807) is 0 Å². The number of sulfonamides is 1. The molecular formula is C14H24N2O2S. The van der Waals surface area contributed by atoms with Gasteiger partial charge in [-0.1, -0.05) is 37.3 Å². The summed E-state index contributed by atoms with van der Waals surface area (Å²) in [4.78, 5) is 0. The summed E-state index contributed by atoms with van der Waals surface area (Å²) in [7, 11) is -3.29. The van der Waals surface area contributed by atoms with Gasteiger partial charge in [0.15, 0.2) is 0 Å². The minimum Gasteiger partial charge on any atom is -0.329 e. The van der Waals surface area contributed by atoms with E-state index in [1.807, 2.05) is 51.1 Å². The maximum atomic E-state index is 12.4. The van der Waals surface area contributed by atoms with E-state index < -0.39 is 15.6 Å². The van der Waals surface area contributed by atoms with Crippen molar-refractivity contribution in [1.29, 1.82) is 0 Å². The lowest BCUT2D eigenvalue weighted by molar-refractivity contribution is 0.244. The number of hydrogen-bond donors (Lipinski definition) is 1. The largest absolute Gasteiger partial charge is 0.329 e. The van der Waals surface area contributed by atoms with Crippen LogP contribution in [0.5, 0.6) is 0 Å². The number of nitrogens with two attached hydrogens (primary N) is 1. The number of benzene rings is 1. The monoisotopic (exact) mass is 284 g/mol. The van der Waals surface area contributed by atoms with E-state index in [1.165, 1.54) is 4.31 Å². The van der Waals surface area contributed by atoms with E-state index in [0.717, 1.165) is 5.56 Å². The van der Waals surface area contributed by atoms with E-state index >= 15 is 0 Å². The Morgan fingerprint density at radius 3 is 2.26 bits per heavy atom. The molecule has 0 saturated heterocycles. The van der Waals surface area contributed by atoms with E-state index in [-0.39, 0.29) is 5.75 Å². The maximum Gasteiger partial charge on any atom is 0.214 e. The Morgan fingerprint density at radius 2 is 1.79 bits per heavy atom. The second-order valence-corrected chi connectivity index (χ2v) is 7.25. The van der Waals surface area contributed by atoms with Gasteiger partial charge in [-0.2, -0.15) is 4.31 Å². The molecular weight excluding hydrogens is 260 g/mol. The second-order valence-electron chi connectivity index (χ2n) is 5.23. The zero-order valence-corrected chi connectivity index (χ0v) is 12.8. The minimum absolute atomic E-state index is 0.119. The predicted octanol–water partition coefficient (Wildman–Crippen LogP) is 1.62. The Kier molecular flexibility index (Phi) is 5.52. The van der Waals surface area contributed by atoms with Crippen molar-refractivity contribution in [2.75, 3.05) is 18.8 Å². The summed E-state index contributed by atoms with van der Waals surface area (Å²) < 4.78 is 26.3. The topological polar surface area (TPSA) is 63.4 Å². The lowest BCUT2D eigenvalue weighted by Gasteiger charge is -2.35. The highest BCUT2D eigenvalue weighted by Crippen LogP contribution is 2.18. The van der Waals surface area contributed by atoms with Crippen LogP contribution < -0.4 is 5.73 Å². The van der Waals surface area contributed by atoms with Crippen LogP contribution >= 0.6 is 0 Å². The van der Waals surface area contributed by atoms with Crippen LogP contribution in [0.3, 0.4) is 0 Å². The molecule has 0 radical (unpaired) electrons. The summed E-state index contributed by atoms with van der Waals surface area (Å²) in [6, 6.07) is 9.65. The molecule has 0 aliphatic heterocycles. The fourth-order valence-electron chi connectivity index (χ4n) is 2.10. The summed E-state index contributed by atoms with van der Waals surface area (Å²) in [5.41, 5.74) is 6.18. The van der Waals surface area contributed by atoms with Crippen LogP contribution in [0.15, 0.2) is 30.3 Å². The Labute approximate surface area is 116 Å². The van der Waals surface area contributed by atoms with Crippen molar-refractivity contribution in [3.05, 3.63) is 35.9 Å². The molecule has 5 heteroatoms. The molecule has 1 aromatic rings. The number of hydrogen-bond acceptors (Lipinski definition) is 3. The molecule has 0 unspecified atom stereocenters. The second kappa shape index (κ2) is 6.50. The highest BCUT2D eigenvalue weighted by molar-refractivity contribution is 7.89. The van der Waals surface area contributed by atoms with Crippen molar-refractivity contribution in [2.45, 2.75) is 32.7 Å². The fourth-order valence-corrected chi connectivity index (χ4v) is 4.04. The Morgan fingerprint density at radius 1 is 1.21 bits per heavy atom. The minimum atomic E-state index is -3.29. The van der Waals surface area contributed by atoms with Gasteiger partial charge in [-0.25, -0.2) is 8.42 Å². The Hall–Kier alpha value is -0.910. The first kappa shape index (κ1) is 16.1. The lowest BCUT2D eigenvalue weighted by Crippen LogP contribution is -2.52. The van der Waals surface area contributed by atoms with Crippen molar-refractivity contribution < 1.29 is 8.42 Å². The molecule has 0 amide bonds. The van der Waals surface area contributed by atoms with Gasteiger partial charge in [-0.05, 0) is 25.8 Å². The van der Waals surface area contributed by atoms with E-state index in [2.05, 4.69) is 0 Å². The quantitative estimate of drug-likeness (QED) is 0.827. The molecule has 2 N–H and O–H groups in total. The lowest BCUT2D eigenvalue weighted by atomic mass is 10.1. The molecule has 4 nitrogen and oxygen atoms in total. The molecule has 0 bridgehead atoms. The van der Waals surface area contributed by atoms with Gasteiger partial charge in [0.25, 0.3) is 0 Å². The average Bonchev–Trinajstić information content (AvgIpc) is 2.38. The molecule has 108 valence electrons. The van der Waals surface area contributed by atoms with Crippen molar-refractivity contribution in [3.63, 3.8) is 0 Å². The number of aryl methyl sites for hydroxylation is 1. The number of rotatable bonds is 7. The summed E-state index contributed by atoms with van der Waals surface area (Å²) in [6.45, 7) is 6.32. The molecule has 0 heterocycles. The molecule has 0 saturated carbocycles. The van der Waals surface area contributed by atoms with Crippen LogP contribution in [0.1, 0.15) is 26.3 Å². The van der Waals surface area contributed by atoms with Crippen molar-refractivity contribution in [2.24, 2.45) is 5.73 Å². The van der Waals surface area contributed by atoms with Gasteiger partial charge in [-0.15, -0.1) is 0 Å². The highest BCUT2D eigenvalue weighted by Gasteiger charge is 2.33. The maximum absolute atomic E-state index is 12.4. The molecule has 0 fully saturated rings. The zero-order chi connectivity index (χ0) is 14.5. The average molecular weight is 284 g/mol. The van der Waals surface area contributed by atoms with Crippen molar-refractivity contribution >= 4 is 10.0 Å². The molecule has 1 rings (SSSR count). The van der Waals surface area contributed by atoms with Gasteiger partial charge in [0.05, 0.1) is 5.75 Å². The first-order valence-corrected chi connectivity index (χ1v) is 8.19. The first-order valence-electron chi connectivity index (χ1n) is 6.58. The zero-order valence-electron chi connectivity index (χ0n) is 12.0. The van der Waals surface area contributed by atoms with Gasteiger partial charge in [0.2, 0.25) is 10.0 Å². The third-order valence-electron chi connectivity index (χ3n) is 3.29. The molecule has 19 heavy (non-hydrogen) atoms. The smallest absolute Gasteiger partial charge is 0.214 e. The van der Waals surface area contributed by atoms with Crippen LogP contribution in [0, 0.1) is 0 Å². The van der Waals surface area contributed by atoms with Crippen LogP contribution in [0.4, 0.5) is 0 Å². The summed E-state index contributed by atoms with van der Waals surface area (Å²) in [5, 5.41) is 0. The standard InChI is InChI=1S/C14H24N2O2S/c1-4-16(14(2,3)12-15)19(17,18)11-10-13-8-6-5-7-9-13/h5-9H,4,10-12,15H2,1-3H3. The Bertz CT molecular complexity index is 483. The summed E-state index contributed by atoms with van der Waals surface area (Å²) >= 11 is 0. The van der Waals surface area contributed by atoms with Gasteiger partial charge >= 0.3 is 0 Å². The van der Waals surface area contributed by atoms with Gasteiger partial charge in [0.1, 0.15) is 0 Å². The third kappa shape index (κ3) is 4.30. The van der Waals surface area contributed by atoms with E-state index in [0.29, 0.717) is 19.5 Å². The van der Waals surface area contributed by atoms with E-state index in [4.69, 9.17) is 5.73 Å². The predicted molar refractivity (Wildman–Crippen MR) is 79.4 cm³/mol. The molecule has 0 spiro atoms. The van der Waals surface area contributed by atoms with E-state index in [9.17, 15) is 8.42 Å². The normalized spacial score (nSPS) is 12.9. The third-order valence-corrected chi connectivity index (χ3v) is 5.43. The first-order chi connectivity index (χ1) is 8.83. The number of likely N-dealkylation sites (N-methyl/N-ethyl adjacent to an activating group) is 1. The van der Waals surface area contributed by atoms with Gasteiger partial charge in [0, 0.05) is 18.6 Å². The molecule has 0 aliphatic rings. The van der Waals surface area contributed by atoms with Crippen molar-refractivity contribution in [1.82, 2.24) is 4.31 Å². The fraction of sp³-hybridized carbons (Fsp3) is 0.571. The highest BCUT2D eigenvalue weighted by atomic mass is 32.2. The van der Waals surface area contributed by atoms with Crippen LogP contribution in [0.2, 0.25) is 0 Å². The van der Waals surface area contributed by atoms with Crippen LogP contribution in [-0.4, -0.2) is 37.1 Å². The SMILES string of the molecule is CCN(C(C)(C)CN)S(=O)(=O)CCc1ccccc1. The molecule has 0 aliphatic carbocycles. The molecule has 1 aromatic carbocycles.